The maximum Gasteiger partial charge on any atom is 0.0455 e. The summed E-state index contributed by atoms with van der Waals surface area (Å²) >= 11 is 0. The van der Waals surface area contributed by atoms with Crippen LogP contribution in [0.3, 0.4) is 0 Å². The van der Waals surface area contributed by atoms with E-state index in [1.165, 1.54) is 0 Å². The first-order chi connectivity index (χ1) is 5.00. The van der Waals surface area contributed by atoms with Crippen molar-refractivity contribution in [1.82, 2.24) is 21.3 Å². The molecule has 2 aliphatic heterocycles. The molecule has 0 saturated carbocycles. The molecule has 0 aromatic carbocycles. The molecule has 0 aromatic heterocycles. The van der Waals surface area contributed by atoms with Gasteiger partial charge >= 0.3 is 0 Å². The van der Waals surface area contributed by atoms with Crippen LogP contribution in [0.4, 0.5) is 0 Å². The predicted octanol–water partition coefficient (Wildman–Crippen LogP) is -1.73. The third-order valence-corrected chi connectivity index (χ3v) is 1.46. The first-order valence-electron chi connectivity index (χ1n) is 3.83. The molecule has 2 rings (SSSR count). The molecule has 0 unspecified atom stereocenters. The monoisotopic (exact) mass is 144 g/mol. The van der Waals surface area contributed by atoms with Crippen molar-refractivity contribution in [2.24, 2.45) is 0 Å². The molecule has 0 bridgehead atoms. The second-order valence-corrected chi connectivity index (χ2v) is 2.35. The molecule has 0 amide bonds. The van der Waals surface area contributed by atoms with E-state index in [9.17, 15) is 0 Å². The Kier molecular flexibility index (Phi) is 4.46. The van der Waals surface area contributed by atoms with Crippen molar-refractivity contribution in [3.63, 3.8) is 0 Å². The lowest BCUT2D eigenvalue weighted by Gasteiger charge is -1.77. The molecule has 2 saturated heterocycles. The summed E-state index contributed by atoms with van der Waals surface area (Å²) in [7, 11) is 0. The fraction of sp³-hybridized carbons (Fsp3) is 1.00. The summed E-state index contributed by atoms with van der Waals surface area (Å²) < 4.78 is 0. The SMILES string of the molecule is C1CNCN1.C1CNCN1. The number of hydrogen-bond acceptors (Lipinski definition) is 4. The fourth-order valence-electron chi connectivity index (χ4n) is 0.884. The molecule has 0 spiro atoms. The average Bonchev–Trinajstić information content (AvgIpc) is 2.67. The van der Waals surface area contributed by atoms with Gasteiger partial charge in [0, 0.05) is 39.5 Å². The van der Waals surface area contributed by atoms with Crippen molar-refractivity contribution in [3.8, 4) is 0 Å². The van der Waals surface area contributed by atoms with Gasteiger partial charge in [0.05, 0.1) is 0 Å². The molecule has 4 N–H and O–H groups in total. The summed E-state index contributed by atoms with van der Waals surface area (Å²) in [5.74, 6) is 0. The zero-order valence-electron chi connectivity index (χ0n) is 6.24. The largest absolute Gasteiger partial charge is 0.303 e. The van der Waals surface area contributed by atoms with Crippen LogP contribution < -0.4 is 21.3 Å². The van der Waals surface area contributed by atoms with Crippen molar-refractivity contribution in [1.29, 1.82) is 0 Å². The smallest absolute Gasteiger partial charge is 0.0455 e. The fourth-order valence-corrected chi connectivity index (χ4v) is 0.884. The highest BCUT2D eigenvalue weighted by molar-refractivity contribution is 4.55. The molecule has 10 heavy (non-hydrogen) atoms. The first kappa shape index (κ1) is 7.94. The molecular weight excluding hydrogens is 128 g/mol. The van der Waals surface area contributed by atoms with Crippen LogP contribution in [-0.2, 0) is 0 Å². The number of hydrogen-bond donors (Lipinski definition) is 4. The van der Waals surface area contributed by atoms with E-state index in [4.69, 9.17) is 0 Å². The van der Waals surface area contributed by atoms with Crippen molar-refractivity contribution < 1.29 is 0 Å². The highest BCUT2D eigenvalue weighted by atomic mass is 15.1. The van der Waals surface area contributed by atoms with Gasteiger partial charge in [0.15, 0.2) is 0 Å². The van der Waals surface area contributed by atoms with Crippen molar-refractivity contribution >= 4 is 0 Å². The highest BCUT2D eigenvalue weighted by Crippen LogP contribution is 1.62. The summed E-state index contributed by atoms with van der Waals surface area (Å²) in [4.78, 5) is 0. The minimum absolute atomic E-state index is 1.00. The van der Waals surface area contributed by atoms with Crippen molar-refractivity contribution in [2.45, 2.75) is 0 Å². The lowest BCUT2D eigenvalue weighted by atomic mass is 10.7. The van der Waals surface area contributed by atoms with Crippen LogP contribution in [0.25, 0.3) is 0 Å². The van der Waals surface area contributed by atoms with Gasteiger partial charge in [-0.1, -0.05) is 0 Å². The van der Waals surface area contributed by atoms with Crippen LogP contribution in [0.2, 0.25) is 0 Å². The normalized spacial score (nSPS) is 24.0. The molecule has 2 fully saturated rings. The minimum atomic E-state index is 1.00. The molecule has 4 heteroatoms. The Morgan fingerprint density at radius 3 is 0.900 bits per heavy atom. The molecule has 0 aliphatic carbocycles. The molecule has 0 aromatic rings. The van der Waals surface area contributed by atoms with E-state index in [0.29, 0.717) is 0 Å². The van der Waals surface area contributed by atoms with Crippen LogP contribution in [0.15, 0.2) is 0 Å². The van der Waals surface area contributed by atoms with Crippen molar-refractivity contribution in [3.05, 3.63) is 0 Å². The van der Waals surface area contributed by atoms with Gasteiger partial charge in [-0.05, 0) is 0 Å². The Bertz CT molecular complexity index is 42.9. The molecule has 2 heterocycles. The minimum Gasteiger partial charge on any atom is -0.303 e. The van der Waals surface area contributed by atoms with Crippen LogP contribution >= 0.6 is 0 Å². The van der Waals surface area contributed by atoms with Gasteiger partial charge in [-0.15, -0.1) is 0 Å². The molecule has 2 aliphatic rings. The number of nitrogens with one attached hydrogen (secondary N) is 4. The quantitative estimate of drug-likeness (QED) is 0.326. The topological polar surface area (TPSA) is 48.1 Å². The zero-order valence-corrected chi connectivity index (χ0v) is 6.24. The van der Waals surface area contributed by atoms with E-state index in [0.717, 1.165) is 39.5 Å². The molecular formula is C6H16N4. The van der Waals surface area contributed by atoms with E-state index in [1.54, 1.807) is 0 Å². The molecule has 4 nitrogen and oxygen atoms in total. The summed E-state index contributed by atoms with van der Waals surface area (Å²) in [6.45, 7) is 6.56. The molecule has 0 atom stereocenters. The van der Waals surface area contributed by atoms with Gasteiger partial charge in [0.2, 0.25) is 0 Å². The van der Waals surface area contributed by atoms with Crippen LogP contribution in [0.5, 0.6) is 0 Å². The Labute approximate surface area is 61.8 Å². The third-order valence-electron chi connectivity index (χ3n) is 1.46. The van der Waals surface area contributed by atoms with Gasteiger partial charge in [0.1, 0.15) is 0 Å². The lowest BCUT2D eigenvalue weighted by molar-refractivity contribution is 0.807. The predicted molar refractivity (Wildman–Crippen MR) is 41.7 cm³/mol. The lowest BCUT2D eigenvalue weighted by Crippen LogP contribution is -2.11. The van der Waals surface area contributed by atoms with Crippen LogP contribution in [0.1, 0.15) is 0 Å². The summed E-state index contributed by atoms with van der Waals surface area (Å²) in [6.07, 6.45) is 0. The second kappa shape index (κ2) is 5.61. The van der Waals surface area contributed by atoms with Crippen LogP contribution in [0, 0.1) is 0 Å². The van der Waals surface area contributed by atoms with E-state index in [-0.39, 0.29) is 0 Å². The molecule has 0 radical (unpaired) electrons. The Morgan fingerprint density at radius 1 is 0.500 bits per heavy atom. The van der Waals surface area contributed by atoms with Gasteiger partial charge in [-0.3, -0.25) is 0 Å². The Morgan fingerprint density at radius 2 is 0.800 bits per heavy atom. The van der Waals surface area contributed by atoms with Crippen molar-refractivity contribution in [2.75, 3.05) is 39.5 Å². The highest BCUT2D eigenvalue weighted by Gasteiger charge is 1.91. The van der Waals surface area contributed by atoms with E-state index in [1.807, 2.05) is 0 Å². The molecule has 60 valence electrons. The van der Waals surface area contributed by atoms with Gasteiger partial charge in [0.25, 0.3) is 0 Å². The van der Waals surface area contributed by atoms with Gasteiger partial charge < -0.3 is 21.3 Å². The maximum atomic E-state index is 3.11. The summed E-state index contributed by atoms with van der Waals surface area (Å²) in [5, 5.41) is 12.4. The standard InChI is InChI=1S/2C3H8N2/c2*1-2-5-3-4-1/h2*4-5H,1-3H2. The van der Waals surface area contributed by atoms with Gasteiger partial charge in [-0.2, -0.15) is 0 Å². The zero-order chi connectivity index (χ0) is 7.07. The first-order valence-corrected chi connectivity index (χ1v) is 3.83. The van der Waals surface area contributed by atoms with Crippen LogP contribution in [-0.4, -0.2) is 39.5 Å². The van der Waals surface area contributed by atoms with Gasteiger partial charge in [-0.25, -0.2) is 0 Å². The van der Waals surface area contributed by atoms with E-state index < -0.39 is 0 Å². The average molecular weight is 144 g/mol. The summed E-state index contributed by atoms with van der Waals surface area (Å²) in [5.41, 5.74) is 0. The Balaban J connectivity index is 0.0000001000. The van der Waals surface area contributed by atoms with E-state index in [2.05, 4.69) is 21.3 Å². The second-order valence-electron chi connectivity index (χ2n) is 2.35. The third kappa shape index (κ3) is 3.79. The summed E-state index contributed by atoms with van der Waals surface area (Å²) in [6, 6.07) is 0. The Hall–Kier alpha value is -0.160. The maximum absolute atomic E-state index is 3.11. The van der Waals surface area contributed by atoms with E-state index >= 15 is 0 Å². The number of rotatable bonds is 0.